The van der Waals surface area contributed by atoms with Gasteiger partial charge in [0.15, 0.2) is 0 Å². The van der Waals surface area contributed by atoms with Gasteiger partial charge in [0.25, 0.3) is 0 Å². The summed E-state index contributed by atoms with van der Waals surface area (Å²) in [6.07, 6.45) is 4.34. The second-order valence-corrected chi connectivity index (χ2v) is 3.91. The van der Waals surface area contributed by atoms with Crippen molar-refractivity contribution in [2.75, 3.05) is 6.54 Å². The van der Waals surface area contributed by atoms with Gasteiger partial charge in [-0.25, -0.2) is 0 Å². The van der Waals surface area contributed by atoms with Crippen molar-refractivity contribution in [3.63, 3.8) is 0 Å². The quantitative estimate of drug-likeness (QED) is 0.614. The fraction of sp³-hybridized carbons (Fsp3) is 0.909. The molecule has 0 aliphatic rings. The molecule has 0 rings (SSSR count). The number of hydrogen-bond donors (Lipinski definition) is 2. The van der Waals surface area contributed by atoms with Crippen LogP contribution in [0.5, 0.6) is 0 Å². The summed E-state index contributed by atoms with van der Waals surface area (Å²) in [6, 6.07) is -0.346. The minimum absolute atomic E-state index is 0.00421. The standard InChI is InChI=1S/C11H24N2O/c1-4-6-7-8-13-11(14)10(12)9(3)5-2/h9-10H,4-8,12H2,1-3H3,(H,13,14). The Morgan fingerprint density at radius 1 is 1.36 bits per heavy atom. The highest BCUT2D eigenvalue weighted by molar-refractivity contribution is 5.81. The summed E-state index contributed by atoms with van der Waals surface area (Å²) in [6.45, 7) is 6.97. The van der Waals surface area contributed by atoms with E-state index in [0.29, 0.717) is 0 Å². The lowest BCUT2D eigenvalue weighted by atomic mass is 9.99. The van der Waals surface area contributed by atoms with Crippen LogP contribution in [0.15, 0.2) is 0 Å². The lowest BCUT2D eigenvalue weighted by molar-refractivity contribution is -0.123. The molecule has 2 unspecified atom stereocenters. The number of carbonyl (C=O) groups excluding carboxylic acids is 1. The summed E-state index contributed by atoms with van der Waals surface area (Å²) >= 11 is 0. The lowest BCUT2D eigenvalue weighted by Crippen LogP contribution is -2.44. The number of unbranched alkanes of at least 4 members (excludes halogenated alkanes) is 2. The second-order valence-electron chi connectivity index (χ2n) is 3.91. The predicted molar refractivity (Wildman–Crippen MR) is 60.0 cm³/mol. The highest BCUT2D eigenvalue weighted by Crippen LogP contribution is 2.04. The van der Waals surface area contributed by atoms with Gasteiger partial charge in [-0.05, 0) is 12.3 Å². The fourth-order valence-corrected chi connectivity index (χ4v) is 1.22. The van der Waals surface area contributed by atoms with Crippen LogP contribution in [0.4, 0.5) is 0 Å². The fourth-order valence-electron chi connectivity index (χ4n) is 1.22. The summed E-state index contributed by atoms with van der Waals surface area (Å²) in [4.78, 5) is 11.5. The van der Waals surface area contributed by atoms with Crippen LogP contribution in [0.1, 0.15) is 46.5 Å². The third-order valence-corrected chi connectivity index (χ3v) is 2.64. The van der Waals surface area contributed by atoms with E-state index < -0.39 is 0 Å². The van der Waals surface area contributed by atoms with Crippen LogP contribution in [0.2, 0.25) is 0 Å². The molecule has 0 spiro atoms. The van der Waals surface area contributed by atoms with Gasteiger partial charge in [-0.3, -0.25) is 4.79 Å². The van der Waals surface area contributed by atoms with E-state index in [0.717, 1.165) is 19.4 Å². The molecular formula is C11H24N2O. The Morgan fingerprint density at radius 3 is 2.50 bits per heavy atom. The van der Waals surface area contributed by atoms with Crippen molar-refractivity contribution in [2.45, 2.75) is 52.5 Å². The highest BCUT2D eigenvalue weighted by Gasteiger charge is 2.18. The zero-order valence-electron chi connectivity index (χ0n) is 9.68. The molecule has 1 amide bonds. The summed E-state index contributed by atoms with van der Waals surface area (Å²) in [5, 5.41) is 2.87. The van der Waals surface area contributed by atoms with Crippen LogP contribution in [-0.4, -0.2) is 18.5 Å². The van der Waals surface area contributed by atoms with E-state index >= 15 is 0 Å². The first-order valence-electron chi connectivity index (χ1n) is 5.66. The molecule has 0 bridgehead atoms. The topological polar surface area (TPSA) is 55.1 Å². The Bertz CT molecular complexity index is 159. The first kappa shape index (κ1) is 13.4. The molecule has 0 saturated carbocycles. The van der Waals surface area contributed by atoms with Crippen LogP contribution in [0, 0.1) is 5.92 Å². The van der Waals surface area contributed by atoms with Crippen molar-refractivity contribution in [3.8, 4) is 0 Å². The Balaban J connectivity index is 3.62. The van der Waals surface area contributed by atoms with E-state index in [9.17, 15) is 4.79 Å². The lowest BCUT2D eigenvalue weighted by Gasteiger charge is -2.17. The number of nitrogens with one attached hydrogen (secondary N) is 1. The van der Waals surface area contributed by atoms with E-state index in [4.69, 9.17) is 5.73 Å². The maximum atomic E-state index is 11.5. The monoisotopic (exact) mass is 200 g/mol. The van der Waals surface area contributed by atoms with Gasteiger partial charge >= 0.3 is 0 Å². The molecule has 0 aliphatic heterocycles. The van der Waals surface area contributed by atoms with Crippen molar-refractivity contribution in [2.24, 2.45) is 11.7 Å². The van der Waals surface area contributed by atoms with Crippen LogP contribution in [0.25, 0.3) is 0 Å². The molecule has 0 aliphatic carbocycles. The molecular weight excluding hydrogens is 176 g/mol. The van der Waals surface area contributed by atoms with E-state index in [-0.39, 0.29) is 17.9 Å². The Labute approximate surface area is 87.4 Å². The number of amides is 1. The average Bonchev–Trinajstić information content (AvgIpc) is 2.21. The molecule has 84 valence electrons. The zero-order valence-corrected chi connectivity index (χ0v) is 9.68. The molecule has 3 N–H and O–H groups in total. The van der Waals surface area contributed by atoms with E-state index in [1.54, 1.807) is 0 Å². The number of carbonyl (C=O) groups is 1. The first-order chi connectivity index (χ1) is 6.63. The largest absolute Gasteiger partial charge is 0.355 e. The van der Waals surface area contributed by atoms with Crippen LogP contribution < -0.4 is 11.1 Å². The molecule has 0 saturated heterocycles. The van der Waals surface area contributed by atoms with E-state index in [1.807, 2.05) is 6.92 Å². The number of rotatable bonds is 7. The second kappa shape index (κ2) is 7.80. The Kier molecular flexibility index (Phi) is 7.48. The molecule has 3 nitrogen and oxygen atoms in total. The van der Waals surface area contributed by atoms with Crippen molar-refractivity contribution >= 4 is 5.91 Å². The SMILES string of the molecule is CCCCCNC(=O)C(N)C(C)CC. The summed E-state index contributed by atoms with van der Waals surface area (Å²) in [5.74, 6) is 0.261. The van der Waals surface area contributed by atoms with Gasteiger partial charge in [-0.2, -0.15) is 0 Å². The molecule has 3 heteroatoms. The van der Waals surface area contributed by atoms with Gasteiger partial charge in [0, 0.05) is 6.54 Å². The van der Waals surface area contributed by atoms with Crippen molar-refractivity contribution in [1.29, 1.82) is 0 Å². The molecule has 0 heterocycles. The average molecular weight is 200 g/mol. The van der Waals surface area contributed by atoms with Crippen molar-refractivity contribution in [3.05, 3.63) is 0 Å². The minimum atomic E-state index is -0.346. The van der Waals surface area contributed by atoms with Crippen LogP contribution in [0.3, 0.4) is 0 Å². The Hall–Kier alpha value is -0.570. The third-order valence-electron chi connectivity index (χ3n) is 2.64. The van der Waals surface area contributed by atoms with Gasteiger partial charge < -0.3 is 11.1 Å². The zero-order chi connectivity index (χ0) is 11.0. The van der Waals surface area contributed by atoms with E-state index in [2.05, 4.69) is 19.2 Å². The third kappa shape index (κ3) is 5.22. The van der Waals surface area contributed by atoms with E-state index in [1.165, 1.54) is 12.8 Å². The van der Waals surface area contributed by atoms with Gasteiger partial charge in [0.1, 0.15) is 0 Å². The molecule has 0 fully saturated rings. The van der Waals surface area contributed by atoms with Crippen LogP contribution in [-0.2, 0) is 4.79 Å². The van der Waals surface area contributed by atoms with Gasteiger partial charge in [-0.1, -0.05) is 40.0 Å². The molecule has 0 aromatic heterocycles. The summed E-state index contributed by atoms with van der Waals surface area (Å²) in [5.41, 5.74) is 5.77. The maximum Gasteiger partial charge on any atom is 0.237 e. The summed E-state index contributed by atoms with van der Waals surface area (Å²) < 4.78 is 0. The number of hydrogen-bond acceptors (Lipinski definition) is 2. The Morgan fingerprint density at radius 2 is 2.00 bits per heavy atom. The highest BCUT2D eigenvalue weighted by atomic mass is 16.2. The number of nitrogens with two attached hydrogens (primary N) is 1. The first-order valence-corrected chi connectivity index (χ1v) is 5.66. The molecule has 14 heavy (non-hydrogen) atoms. The predicted octanol–water partition coefficient (Wildman–Crippen LogP) is 1.67. The van der Waals surface area contributed by atoms with Crippen molar-refractivity contribution in [1.82, 2.24) is 5.32 Å². The molecule has 2 atom stereocenters. The van der Waals surface area contributed by atoms with Gasteiger partial charge in [-0.15, -0.1) is 0 Å². The molecule has 0 aromatic carbocycles. The smallest absolute Gasteiger partial charge is 0.237 e. The summed E-state index contributed by atoms with van der Waals surface area (Å²) in [7, 11) is 0. The van der Waals surface area contributed by atoms with Gasteiger partial charge in [0.2, 0.25) is 5.91 Å². The van der Waals surface area contributed by atoms with Crippen LogP contribution >= 0.6 is 0 Å². The molecule has 0 radical (unpaired) electrons. The minimum Gasteiger partial charge on any atom is -0.355 e. The molecule has 0 aromatic rings. The van der Waals surface area contributed by atoms with Crippen molar-refractivity contribution < 1.29 is 4.79 Å². The normalized spacial score (nSPS) is 14.9. The maximum absolute atomic E-state index is 11.5. The van der Waals surface area contributed by atoms with Gasteiger partial charge in [0.05, 0.1) is 6.04 Å².